The number of rotatable bonds is 2. The predicted octanol–water partition coefficient (Wildman–Crippen LogP) is 2.25. The van der Waals surface area contributed by atoms with Gasteiger partial charge in [-0.2, -0.15) is 0 Å². The van der Waals surface area contributed by atoms with E-state index in [4.69, 9.17) is 0 Å². The van der Waals surface area contributed by atoms with E-state index >= 15 is 0 Å². The molecule has 1 atom stereocenters. The number of aliphatic hydroxyl groups excluding tert-OH is 1. The van der Waals surface area contributed by atoms with Gasteiger partial charge >= 0.3 is 0 Å². The zero-order valence-corrected chi connectivity index (χ0v) is 11.2. The number of hydrogen-bond donors (Lipinski definition) is 1. The lowest BCUT2D eigenvalue weighted by atomic mass is 9.93. The van der Waals surface area contributed by atoms with Gasteiger partial charge < -0.3 is 10.0 Å². The fourth-order valence-electron chi connectivity index (χ4n) is 2.73. The molecule has 0 bridgehead atoms. The van der Waals surface area contributed by atoms with Crippen molar-refractivity contribution in [3.63, 3.8) is 0 Å². The number of fused-ring (bicyclic) bond motifs is 1. The van der Waals surface area contributed by atoms with Crippen molar-refractivity contribution in [2.24, 2.45) is 0 Å². The molecule has 1 aliphatic heterocycles. The monoisotopic (exact) mass is 267 g/mol. The van der Waals surface area contributed by atoms with Crippen LogP contribution in [0, 0.1) is 0 Å². The zero-order valence-electron chi connectivity index (χ0n) is 11.2. The summed E-state index contributed by atoms with van der Waals surface area (Å²) < 4.78 is 0. The first-order valence-corrected chi connectivity index (χ1v) is 6.83. The van der Waals surface area contributed by atoms with Gasteiger partial charge in [-0.25, -0.2) is 0 Å². The second-order valence-electron chi connectivity index (χ2n) is 5.11. The summed E-state index contributed by atoms with van der Waals surface area (Å²) in [6.45, 7) is 0.558. The second kappa shape index (κ2) is 5.47. The van der Waals surface area contributed by atoms with Crippen molar-refractivity contribution in [3.8, 4) is 0 Å². The Bertz CT molecular complexity index is 609. The molecule has 1 heterocycles. The summed E-state index contributed by atoms with van der Waals surface area (Å²) in [5.41, 5.74) is 3.07. The highest BCUT2D eigenvalue weighted by atomic mass is 16.3. The molecule has 0 aromatic heterocycles. The minimum absolute atomic E-state index is 0.00704. The van der Waals surface area contributed by atoms with Crippen molar-refractivity contribution >= 4 is 5.91 Å². The summed E-state index contributed by atoms with van der Waals surface area (Å²) in [6.07, 6.45) is 0.714. The molecule has 0 fully saturated rings. The third kappa shape index (κ3) is 2.32. The van der Waals surface area contributed by atoms with Gasteiger partial charge in [0.05, 0.1) is 12.6 Å². The minimum atomic E-state index is -0.141. The molecular formula is C17H17NO2. The van der Waals surface area contributed by atoms with Crippen LogP contribution < -0.4 is 0 Å². The second-order valence-corrected chi connectivity index (χ2v) is 5.11. The van der Waals surface area contributed by atoms with E-state index in [0.29, 0.717) is 18.5 Å². The van der Waals surface area contributed by atoms with Crippen molar-refractivity contribution in [2.45, 2.75) is 19.0 Å². The number of hydrogen-bond acceptors (Lipinski definition) is 2. The SMILES string of the molecule is O=C(c1ccccc1)N1Cc2ccccc2CC1CO. The van der Waals surface area contributed by atoms with Gasteiger partial charge in [-0.05, 0) is 29.7 Å². The summed E-state index contributed by atoms with van der Waals surface area (Å²) in [7, 11) is 0. The van der Waals surface area contributed by atoms with E-state index in [9.17, 15) is 9.90 Å². The number of carbonyl (C=O) groups is 1. The Hall–Kier alpha value is -2.13. The van der Waals surface area contributed by atoms with Gasteiger partial charge in [0, 0.05) is 12.1 Å². The van der Waals surface area contributed by atoms with Crippen LogP contribution in [0.2, 0.25) is 0 Å². The quantitative estimate of drug-likeness (QED) is 0.906. The van der Waals surface area contributed by atoms with Crippen LogP contribution in [0.25, 0.3) is 0 Å². The average Bonchev–Trinajstić information content (AvgIpc) is 2.53. The Labute approximate surface area is 118 Å². The number of aliphatic hydroxyl groups is 1. The zero-order chi connectivity index (χ0) is 13.9. The summed E-state index contributed by atoms with van der Waals surface area (Å²) in [5.74, 6) is -0.0147. The third-order valence-corrected chi connectivity index (χ3v) is 3.85. The van der Waals surface area contributed by atoms with Crippen LogP contribution in [0.1, 0.15) is 21.5 Å². The maximum absolute atomic E-state index is 12.6. The first-order chi connectivity index (χ1) is 9.79. The molecule has 2 aromatic carbocycles. The first-order valence-electron chi connectivity index (χ1n) is 6.83. The molecule has 1 N–H and O–H groups in total. The largest absolute Gasteiger partial charge is 0.394 e. The topological polar surface area (TPSA) is 40.5 Å². The van der Waals surface area contributed by atoms with Crippen molar-refractivity contribution in [1.82, 2.24) is 4.90 Å². The van der Waals surface area contributed by atoms with Gasteiger partial charge in [0.1, 0.15) is 0 Å². The van der Waals surface area contributed by atoms with Gasteiger partial charge in [0.2, 0.25) is 0 Å². The van der Waals surface area contributed by atoms with Crippen molar-refractivity contribution in [1.29, 1.82) is 0 Å². The minimum Gasteiger partial charge on any atom is -0.394 e. The smallest absolute Gasteiger partial charge is 0.254 e. The van der Waals surface area contributed by atoms with E-state index in [1.165, 1.54) is 11.1 Å². The van der Waals surface area contributed by atoms with E-state index in [1.807, 2.05) is 48.5 Å². The highest BCUT2D eigenvalue weighted by molar-refractivity contribution is 5.94. The van der Waals surface area contributed by atoms with Crippen LogP contribution in [-0.2, 0) is 13.0 Å². The average molecular weight is 267 g/mol. The molecule has 3 rings (SSSR count). The molecule has 0 saturated carbocycles. The Balaban J connectivity index is 1.91. The summed E-state index contributed by atoms with van der Waals surface area (Å²) in [6, 6.07) is 17.2. The van der Waals surface area contributed by atoms with Gasteiger partial charge in [-0.3, -0.25) is 4.79 Å². The van der Waals surface area contributed by atoms with E-state index in [0.717, 1.165) is 0 Å². The highest BCUT2D eigenvalue weighted by Gasteiger charge is 2.29. The molecule has 102 valence electrons. The molecular weight excluding hydrogens is 250 g/mol. The number of benzene rings is 2. The lowest BCUT2D eigenvalue weighted by Crippen LogP contribution is -2.46. The fourth-order valence-corrected chi connectivity index (χ4v) is 2.73. The Morgan fingerprint density at radius 2 is 1.70 bits per heavy atom. The van der Waals surface area contributed by atoms with Crippen LogP contribution in [0.5, 0.6) is 0 Å². The Kier molecular flexibility index (Phi) is 3.52. The summed E-state index contributed by atoms with van der Waals surface area (Å²) >= 11 is 0. The van der Waals surface area contributed by atoms with Crippen LogP contribution in [0.15, 0.2) is 54.6 Å². The molecule has 1 aliphatic rings. The maximum atomic E-state index is 12.6. The molecule has 0 aliphatic carbocycles. The van der Waals surface area contributed by atoms with Crippen molar-refractivity contribution < 1.29 is 9.90 Å². The van der Waals surface area contributed by atoms with E-state index < -0.39 is 0 Å². The lowest BCUT2D eigenvalue weighted by Gasteiger charge is -2.36. The van der Waals surface area contributed by atoms with Crippen molar-refractivity contribution in [2.75, 3.05) is 6.61 Å². The highest BCUT2D eigenvalue weighted by Crippen LogP contribution is 2.24. The molecule has 0 radical (unpaired) electrons. The van der Waals surface area contributed by atoms with E-state index in [2.05, 4.69) is 6.07 Å². The van der Waals surface area contributed by atoms with Crippen LogP contribution >= 0.6 is 0 Å². The molecule has 0 saturated heterocycles. The van der Waals surface area contributed by atoms with Gasteiger partial charge in [0.15, 0.2) is 0 Å². The summed E-state index contributed by atoms with van der Waals surface area (Å²) in [4.78, 5) is 14.4. The van der Waals surface area contributed by atoms with Crippen molar-refractivity contribution in [3.05, 3.63) is 71.3 Å². The number of amides is 1. The standard InChI is InChI=1S/C17H17NO2/c19-12-16-10-14-8-4-5-9-15(14)11-18(16)17(20)13-6-2-1-3-7-13/h1-9,16,19H,10-12H2. The van der Waals surface area contributed by atoms with Crippen LogP contribution in [-0.4, -0.2) is 28.6 Å². The van der Waals surface area contributed by atoms with Crippen LogP contribution in [0.4, 0.5) is 0 Å². The normalized spacial score (nSPS) is 17.6. The maximum Gasteiger partial charge on any atom is 0.254 e. The molecule has 3 heteroatoms. The fraction of sp³-hybridized carbons (Fsp3) is 0.235. The number of nitrogens with zero attached hydrogens (tertiary/aromatic N) is 1. The lowest BCUT2D eigenvalue weighted by molar-refractivity contribution is 0.0544. The summed E-state index contributed by atoms with van der Waals surface area (Å²) in [5, 5.41) is 9.59. The molecule has 3 nitrogen and oxygen atoms in total. The van der Waals surface area contributed by atoms with E-state index in [-0.39, 0.29) is 18.6 Å². The first kappa shape index (κ1) is 12.9. The van der Waals surface area contributed by atoms with Gasteiger partial charge in [-0.1, -0.05) is 42.5 Å². The molecule has 1 unspecified atom stereocenters. The molecule has 1 amide bonds. The van der Waals surface area contributed by atoms with Gasteiger partial charge in [0.25, 0.3) is 5.91 Å². The molecule has 0 spiro atoms. The van der Waals surface area contributed by atoms with E-state index in [1.54, 1.807) is 4.90 Å². The molecule has 2 aromatic rings. The molecule has 20 heavy (non-hydrogen) atoms. The van der Waals surface area contributed by atoms with Crippen LogP contribution in [0.3, 0.4) is 0 Å². The van der Waals surface area contributed by atoms with Gasteiger partial charge in [-0.15, -0.1) is 0 Å². The number of carbonyl (C=O) groups excluding carboxylic acids is 1. The third-order valence-electron chi connectivity index (χ3n) is 3.85. The Morgan fingerprint density at radius 1 is 1.05 bits per heavy atom. The predicted molar refractivity (Wildman–Crippen MR) is 77.3 cm³/mol. The Morgan fingerprint density at radius 3 is 2.40 bits per heavy atom.